The number of carboxylic acid groups (broad SMARTS) is 1. The summed E-state index contributed by atoms with van der Waals surface area (Å²) in [5.74, 6) is -1.23. The second-order valence-corrected chi connectivity index (χ2v) is 6.86. The third-order valence-corrected chi connectivity index (χ3v) is 4.83. The van der Waals surface area contributed by atoms with Gasteiger partial charge in [0.25, 0.3) is 5.95 Å². The van der Waals surface area contributed by atoms with E-state index in [2.05, 4.69) is 20.5 Å². The van der Waals surface area contributed by atoms with Gasteiger partial charge < -0.3 is 14.6 Å². The van der Waals surface area contributed by atoms with Crippen LogP contribution in [0.25, 0.3) is 0 Å². The van der Waals surface area contributed by atoms with Gasteiger partial charge in [-0.1, -0.05) is 23.3 Å². The van der Waals surface area contributed by atoms with Gasteiger partial charge >= 0.3 is 11.9 Å². The van der Waals surface area contributed by atoms with Crippen LogP contribution in [0.3, 0.4) is 0 Å². The van der Waals surface area contributed by atoms with Crippen molar-refractivity contribution in [3.05, 3.63) is 59.7 Å². The van der Waals surface area contributed by atoms with Crippen LogP contribution in [0.5, 0.6) is 11.5 Å². The lowest BCUT2D eigenvalue weighted by atomic mass is 9.88. The topological polar surface area (TPSA) is 129 Å². The van der Waals surface area contributed by atoms with Crippen molar-refractivity contribution in [3.63, 3.8) is 0 Å². The largest absolute Gasteiger partial charge is 0.481 e. The molecule has 10 nitrogen and oxygen atoms in total. The number of esters is 1. The van der Waals surface area contributed by atoms with E-state index in [1.165, 1.54) is 4.68 Å². The lowest BCUT2D eigenvalue weighted by Crippen LogP contribution is -2.35. The molecule has 0 saturated heterocycles. The van der Waals surface area contributed by atoms with Crippen LogP contribution in [0.4, 0.5) is 5.95 Å². The van der Waals surface area contributed by atoms with Gasteiger partial charge in [-0.3, -0.25) is 4.79 Å². The number of carbonyl (C=O) groups is 2. The Kier molecular flexibility index (Phi) is 5.44. The van der Waals surface area contributed by atoms with E-state index in [9.17, 15) is 14.7 Å². The first-order valence-electron chi connectivity index (χ1n) is 9.58. The number of fused-ring (bicyclic) bond motifs is 1. The van der Waals surface area contributed by atoms with E-state index in [1.807, 2.05) is 0 Å². The van der Waals surface area contributed by atoms with Gasteiger partial charge in [0.05, 0.1) is 12.2 Å². The van der Waals surface area contributed by atoms with Crippen molar-refractivity contribution >= 4 is 23.6 Å². The zero-order valence-electron chi connectivity index (χ0n) is 16.8. The van der Waals surface area contributed by atoms with E-state index in [4.69, 9.17) is 9.47 Å². The Balaban J connectivity index is 1.66. The summed E-state index contributed by atoms with van der Waals surface area (Å²) in [6.45, 7) is 3.66. The van der Waals surface area contributed by atoms with Crippen LogP contribution in [-0.2, 0) is 9.53 Å². The number of aliphatic carboxylic acids is 1. The number of carbonyl (C=O) groups excluding carboxylic acids is 1. The first-order chi connectivity index (χ1) is 15.0. The number of tetrazole rings is 1. The Morgan fingerprint density at radius 1 is 1.13 bits per heavy atom. The van der Waals surface area contributed by atoms with Crippen molar-refractivity contribution in [3.8, 4) is 11.5 Å². The number of rotatable bonds is 6. The molecule has 0 spiro atoms. The molecular weight excluding hydrogens is 402 g/mol. The second-order valence-electron chi connectivity index (χ2n) is 6.86. The van der Waals surface area contributed by atoms with E-state index in [1.54, 1.807) is 62.4 Å². The van der Waals surface area contributed by atoms with Crippen molar-refractivity contribution < 1.29 is 24.2 Å². The number of hydrogen-bond donors (Lipinski definition) is 1. The molecule has 0 saturated carbocycles. The van der Waals surface area contributed by atoms with E-state index >= 15 is 0 Å². The summed E-state index contributed by atoms with van der Waals surface area (Å²) in [6, 6.07) is 12.9. The Hall–Kier alpha value is -4.08. The van der Waals surface area contributed by atoms with Gasteiger partial charge in [-0.2, -0.15) is 0 Å². The first kappa shape index (κ1) is 20.2. The monoisotopic (exact) mass is 421 g/mol. The number of aliphatic imine (C=N–C) groups is 1. The molecule has 1 aromatic heterocycles. The number of nitrogens with zero attached hydrogens (tertiary/aromatic N) is 5. The molecule has 31 heavy (non-hydrogen) atoms. The molecule has 4 rings (SSSR count). The van der Waals surface area contributed by atoms with E-state index in [0.717, 1.165) is 0 Å². The first-order valence-corrected chi connectivity index (χ1v) is 9.58. The third-order valence-electron chi connectivity index (χ3n) is 4.83. The number of ether oxygens (including phenoxy) is 2. The van der Waals surface area contributed by atoms with E-state index in [-0.39, 0.29) is 12.6 Å². The average Bonchev–Trinajstić information content (AvgIpc) is 3.21. The average molecular weight is 421 g/mol. The van der Waals surface area contributed by atoms with Crippen LogP contribution in [0.15, 0.2) is 53.5 Å². The summed E-state index contributed by atoms with van der Waals surface area (Å²) in [4.78, 5) is 28.1. The van der Waals surface area contributed by atoms with Gasteiger partial charge in [0.2, 0.25) is 0 Å². The molecule has 3 aromatic rings. The number of benzene rings is 2. The highest BCUT2D eigenvalue weighted by atomic mass is 16.5. The summed E-state index contributed by atoms with van der Waals surface area (Å²) in [5.41, 5.74) is 1.43. The predicted octanol–water partition coefficient (Wildman–Crippen LogP) is 3.04. The van der Waals surface area contributed by atoms with Crippen LogP contribution in [0.1, 0.15) is 35.8 Å². The van der Waals surface area contributed by atoms with Gasteiger partial charge in [-0.05, 0) is 60.2 Å². The minimum atomic E-state index is -1.03. The Morgan fingerprint density at radius 3 is 2.61 bits per heavy atom. The molecule has 1 N–H and O–H groups in total. The third kappa shape index (κ3) is 4.00. The normalized spacial score (nSPS) is 17.4. The lowest BCUT2D eigenvalue weighted by Gasteiger charge is -2.27. The number of carboxylic acids is 1. The molecule has 158 valence electrons. The molecule has 2 aromatic carbocycles. The molecule has 0 aliphatic carbocycles. The maximum Gasteiger partial charge on any atom is 0.338 e. The van der Waals surface area contributed by atoms with Crippen molar-refractivity contribution in [2.24, 2.45) is 10.9 Å². The molecule has 0 radical (unpaired) electrons. The van der Waals surface area contributed by atoms with Crippen LogP contribution in [-0.4, -0.2) is 49.6 Å². The Labute approximate surface area is 177 Å². The van der Waals surface area contributed by atoms with Crippen molar-refractivity contribution in [1.82, 2.24) is 20.2 Å². The van der Waals surface area contributed by atoms with Crippen molar-refractivity contribution in [2.45, 2.75) is 19.9 Å². The Morgan fingerprint density at radius 2 is 1.87 bits per heavy atom. The predicted molar refractivity (Wildman–Crippen MR) is 109 cm³/mol. The molecule has 10 heteroatoms. The van der Waals surface area contributed by atoms with Gasteiger partial charge in [-0.25, -0.2) is 14.5 Å². The highest BCUT2D eigenvalue weighted by Gasteiger charge is 2.39. The zero-order valence-corrected chi connectivity index (χ0v) is 16.8. The van der Waals surface area contributed by atoms with Crippen LogP contribution >= 0.6 is 0 Å². The molecule has 2 heterocycles. The minimum Gasteiger partial charge on any atom is -0.481 e. The SMILES string of the molecule is CCOC(=O)c1cccc(Oc2cccc(C3C(C(=O)O)C(C)=Nc4nnnn43)c2)c1. The molecular formula is C21H19N5O5. The number of hydrogen-bond acceptors (Lipinski definition) is 8. The molecule has 1 aliphatic heterocycles. The van der Waals surface area contributed by atoms with Crippen molar-refractivity contribution in [2.75, 3.05) is 6.61 Å². The molecule has 0 fully saturated rings. The summed E-state index contributed by atoms with van der Waals surface area (Å²) in [6.07, 6.45) is 0. The zero-order chi connectivity index (χ0) is 22.0. The summed E-state index contributed by atoms with van der Waals surface area (Å²) in [7, 11) is 0. The summed E-state index contributed by atoms with van der Waals surface area (Å²) >= 11 is 0. The molecule has 2 unspecified atom stereocenters. The quantitative estimate of drug-likeness (QED) is 0.601. The van der Waals surface area contributed by atoms with Crippen LogP contribution in [0.2, 0.25) is 0 Å². The fourth-order valence-electron chi connectivity index (χ4n) is 3.49. The van der Waals surface area contributed by atoms with E-state index in [0.29, 0.717) is 28.3 Å². The standard InChI is InChI=1S/C21H19N5O5/c1-3-30-20(29)14-7-5-9-16(11-14)31-15-8-4-6-13(10-15)18-17(19(27)28)12(2)22-21-23-24-25-26(18)21/h4-11,17-18H,3H2,1-2H3,(H,27,28). The van der Waals surface area contributed by atoms with Crippen molar-refractivity contribution in [1.29, 1.82) is 0 Å². The fraction of sp³-hybridized carbons (Fsp3) is 0.238. The van der Waals surface area contributed by atoms with Gasteiger partial charge in [-0.15, -0.1) is 0 Å². The highest BCUT2D eigenvalue weighted by Crippen LogP contribution is 2.36. The van der Waals surface area contributed by atoms with E-state index < -0.39 is 23.9 Å². The maximum atomic E-state index is 12.0. The summed E-state index contributed by atoms with van der Waals surface area (Å²) in [5, 5.41) is 21.2. The molecule has 0 bridgehead atoms. The van der Waals surface area contributed by atoms with Gasteiger partial charge in [0.1, 0.15) is 23.5 Å². The summed E-state index contributed by atoms with van der Waals surface area (Å²) < 4.78 is 12.3. The maximum absolute atomic E-state index is 12.0. The lowest BCUT2D eigenvalue weighted by molar-refractivity contribution is -0.140. The smallest absolute Gasteiger partial charge is 0.338 e. The van der Waals surface area contributed by atoms with Gasteiger partial charge in [0, 0.05) is 5.71 Å². The minimum absolute atomic E-state index is 0.244. The molecule has 2 atom stereocenters. The van der Waals surface area contributed by atoms with Crippen LogP contribution in [0, 0.1) is 5.92 Å². The molecule has 1 aliphatic rings. The molecule has 0 amide bonds. The number of aromatic nitrogens is 4. The Bertz CT molecular complexity index is 1170. The fourth-order valence-corrected chi connectivity index (χ4v) is 3.49. The van der Waals surface area contributed by atoms with Gasteiger partial charge in [0.15, 0.2) is 0 Å². The highest BCUT2D eigenvalue weighted by molar-refractivity contribution is 6.02. The van der Waals surface area contributed by atoms with Crippen LogP contribution < -0.4 is 4.74 Å². The second kappa shape index (κ2) is 8.34.